The van der Waals surface area contributed by atoms with Crippen molar-refractivity contribution < 1.29 is 4.79 Å². The highest BCUT2D eigenvalue weighted by Crippen LogP contribution is 2.33. The molecule has 3 heterocycles. The Kier molecular flexibility index (Phi) is 4.06. The zero-order valence-corrected chi connectivity index (χ0v) is 14.2. The number of amides is 1. The van der Waals surface area contributed by atoms with Crippen LogP contribution in [0.1, 0.15) is 40.4 Å². The number of imidazole rings is 1. The number of carbonyl (C=O) groups is 1. The summed E-state index contributed by atoms with van der Waals surface area (Å²) in [6, 6.07) is 12.3. The molecule has 0 N–H and O–H groups in total. The Morgan fingerprint density at radius 1 is 1.16 bits per heavy atom. The maximum atomic E-state index is 13.0. The van der Waals surface area contributed by atoms with Gasteiger partial charge in [-0.1, -0.05) is 29.8 Å². The van der Waals surface area contributed by atoms with Crippen LogP contribution in [0.3, 0.4) is 0 Å². The predicted octanol–water partition coefficient (Wildman–Crippen LogP) is 3.55. The number of benzene rings is 1. The molecule has 0 radical (unpaired) electrons. The van der Waals surface area contributed by atoms with Crippen LogP contribution in [0.4, 0.5) is 0 Å². The van der Waals surface area contributed by atoms with Crippen LogP contribution in [0.15, 0.2) is 61.3 Å². The summed E-state index contributed by atoms with van der Waals surface area (Å²) in [6.45, 7) is 2.87. The Hall–Kier alpha value is -2.95. The van der Waals surface area contributed by atoms with Gasteiger partial charge in [0.2, 0.25) is 0 Å². The molecule has 1 amide bonds. The highest BCUT2D eigenvalue weighted by Gasteiger charge is 2.30. The first-order valence-electron chi connectivity index (χ1n) is 8.54. The summed E-state index contributed by atoms with van der Waals surface area (Å²) in [5, 5.41) is 0. The van der Waals surface area contributed by atoms with Crippen molar-refractivity contribution >= 4 is 5.91 Å². The molecule has 1 saturated heterocycles. The fourth-order valence-corrected chi connectivity index (χ4v) is 3.37. The molecule has 0 bridgehead atoms. The monoisotopic (exact) mass is 332 g/mol. The smallest absolute Gasteiger partial charge is 0.255 e. The Balaban J connectivity index is 1.56. The van der Waals surface area contributed by atoms with Crippen molar-refractivity contribution in [2.75, 3.05) is 6.54 Å². The normalized spacial score (nSPS) is 17.0. The fourth-order valence-electron chi connectivity index (χ4n) is 3.37. The molecule has 5 heteroatoms. The molecule has 0 aliphatic carbocycles. The van der Waals surface area contributed by atoms with Crippen molar-refractivity contribution in [3.8, 4) is 5.82 Å². The molecular weight excluding hydrogens is 312 g/mol. The van der Waals surface area contributed by atoms with Crippen LogP contribution >= 0.6 is 0 Å². The van der Waals surface area contributed by atoms with Crippen LogP contribution in [0.5, 0.6) is 0 Å². The van der Waals surface area contributed by atoms with E-state index in [4.69, 9.17) is 0 Å². The van der Waals surface area contributed by atoms with Gasteiger partial charge in [-0.25, -0.2) is 9.97 Å². The minimum absolute atomic E-state index is 0.0488. The van der Waals surface area contributed by atoms with E-state index in [0.717, 1.165) is 25.2 Å². The topological polar surface area (TPSA) is 51.0 Å². The van der Waals surface area contributed by atoms with Crippen molar-refractivity contribution in [2.24, 2.45) is 0 Å². The van der Waals surface area contributed by atoms with Crippen LogP contribution in [0.25, 0.3) is 5.82 Å². The van der Waals surface area contributed by atoms with Gasteiger partial charge in [0, 0.05) is 25.1 Å². The van der Waals surface area contributed by atoms with Gasteiger partial charge in [0.15, 0.2) is 0 Å². The molecule has 0 saturated carbocycles. The average Bonchev–Trinajstić information content (AvgIpc) is 3.34. The van der Waals surface area contributed by atoms with E-state index in [2.05, 4.69) is 41.2 Å². The molecule has 1 aromatic carbocycles. The third kappa shape index (κ3) is 3.05. The van der Waals surface area contributed by atoms with Gasteiger partial charge in [0.1, 0.15) is 12.1 Å². The van der Waals surface area contributed by atoms with Gasteiger partial charge < -0.3 is 4.90 Å². The zero-order chi connectivity index (χ0) is 17.2. The summed E-state index contributed by atoms with van der Waals surface area (Å²) in [5.74, 6) is 0.804. The maximum absolute atomic E-state index is 13.0. The van der Waals surface area contributed by atoms with Crippen LogP contribution < -0.4 is 0 Å². The average molecular weight is 332 g/mol. The lowest BCUT2D eigenvalue weighted by molar-refractivity contribution is 0.0735. The van der Waals surface area contributed by atoms with Gasteiger partial charge in [-0.3, -0.25) is 9.36 Å². The van der Waals surface area contributed by atoms with E-state index in [-0.39, 0.29) is 11.9 Å². The Morgan fingerprint density at radius 3 is 2.68 bits per heavy atom. The van der Waals surface area contributed by atoms with Crippen LogP contribution in [0.2, 0.25) is 0 Å². The van der Waals surface area contributed by atoms with E-state index in [0.29, 0.717) is 5.56 Å². The standard InChI is InChI=1S/C20H20N4O/c1-15-4-6-16(7-5-15)18-3-2-11-24(18)20(25)17-8-9-19(22-13-17)23-12-10-21-14-23/h4-10,12-14,18H,2-3,11H2,1H3/t18-/m1/s1. The Labute approximate surface area is 147 Å². The van der Waals surface area contributed by atoms with E-state index in [1.807, 2.05) is 27.8 Å². The van der Waals surface area contributed by atoms with E-state index >= 15 is 0 Å². The molecule has 1 aliphatic rings. The minimum Gasteiger partial charge on any atom is -0.332 e. The highest BCUT2D eigenvalue weighted by molar-refractivity contribution is 5.94. The lowest BCUT2D eigenvalue weighted by atomic mass is 10.0. The molecule has 126 valence electrons. The third-order valence-corrected chi connectivity index (χ3v) is 4.74. The van der Waals surface area contributed by atoms with Gasteiger partial charge >= 0.3 is 0 Å². The number of carbonyl (C=O) groups excluding carboxylic acids is 1. The largest absolute Gasteiger partial charge is 0.332 e. The fraction of sp³-hybridized carbons (Fsp3) is 0.250. The highest BCUT2D eigenvalue weighted by atomic mass is 16.2. The molecule has 0 spiro atoms. The quantitative estimate of drug-likeness (QED) is 0.737. The first kappa shape index (κ1) is 15.6. The molecular formula is C20H20N4O. The van der Waals surface area contributed by atoms with Crippen molar-refractivity contribution in [2.45, 2.75) is 25.8 Å². The number of aryl methyl sites for hydroxylation is 1. The van der Waals surface area contributed by atoms with Gasteiger partial charge in [0.05, 0.1) is 11.6 Å². The molecule has 1 fully saturated rings. The number of nitrogens with zero attached hydrogens (tertiary/aromatic N) is 4. The predicted molar refractivity (Wildman–Crippen MR) is 95.5 cm³/mol. The van der Waals surface area contributed by atoms with E-state index in [9.17, 15) is 4.79 Å². The van der Waals surface area contributed by atoms with Crippen LogP contribution in [-0.4, -0.2) is 31.9 Å². The first-order valence-corrected chi connectivity index (χ1v) is 8.54. The molecule has 3 aromatic rings. The molecule has 1 aliphatic heterocycles. The van der Waals surface area contributed by atoms with Crippen molar-refractivity contribution in [3.05, 3.63) is 78.0 Å². The molecule has 5 nitrogen and oxygen atoms in total. The number of aromatic nitrogens is 3. The van der Waals surface area contributed by atoms with Crippen LogP contribution in [-0.2, 0) is 0 Å². The van der Waals surface area contributed by atoms with Gasteiger partial charge in [0.25, 0.3) is 5.91 Å². The second-order valence-corrected chi connectivity index (χ2v) is 6.44. The molecule has 2 aromatic heterocycles. The summed E-state index contributed by atoms with van der Waals surface area (Å²) in [6.07, 6.45) is 8.93. The minimum atomic E-state index is 0.0488. The number of pyridine rings is 1. The van der Waals surface area contributed by atoms with Crippen molar-refractivity contribution in [3.63, 3.8) is 0 Å². The second kappa shape index (κ2) is 6.51. The van der Waals surface area contributed by atoms with Gasteiger partial charge in [-0.2, -0.15) is 0 Å². The number of hydrogen-bond donors (Lipinski definition) is 0. The maximum Gasteiger partial charge on any atom is 0.255 e. The lowest BCUT2D eigenvalue weighted by Crippen LogP contribution is -2.30. The third-order valence-electron chi connectivity index (χ3n) is 4.74. The number of likely N-dealkylation sites (tertiary alicyclic amines) is 1. The van der Waals surface area contributed by atoms with Crippen LogP contribution in [0, 0.1) is 6.92 Å². The van der Waals surface area contributed by atoms with Gasteiger partial charge in [-0.15, -0.1) is 0 Å². The summed E-state index contributed by atoms with van der Waals surface area (Å²) in [4.78, 5) is 23.3. The van der Waals surface area contributed by atoms with E-state index < -0.39 is 0 Å². The lowest BCUT2D eigenvalue weighted by Gasteiger charge is -2.25. The van der Waals surface area contributed by atoms with E-state index in [1.54, 1.807) is 18.7 Å². The van der Waals surface area contributed by atoms with E-state index in [1.165, 1.54) is 11.1 Å². The summed E-state index contributed by atoms with van der Waals surface area (Å²) >= 11 is 0. The zero-order valence-electron chi connectivity index (χ0n) is 14.2. The first-order chi connectivity index (χ1) is 12.2. The Morgan fingerprint density at radius 2 is 2.00 bits per heavy atom. The summed E-state index contributed by atoms with van der Waals surface area (Å²) in [7, 11) is 0. The number of rotatable bonds is 3. The molecule has 25 heavy (non-hydrogen) atoms. The molecule has 4 rings (SSSR count). The summed E-state index contributed by atoms with van der Waals surface area (Å²) in [5.41, 5.74) is 3.07. The molecule has 1 atom stereocenters. The Bertz CT molecular complexity index is 854. The van der Waals surface area contributed by atoms with Crippen molar-refractivity contribution in [1.82, 2.24) is 19.4 Å². The van der Waals surface area contributed by atoms with Gasteiger partial charge in [-0.05, 0) is 37.5 Å². The van der Waals surface area contributed by atoms with Crippen molar-refractivity contribution in [1.29, 1.82) is 0 Å². The molecule has 0 unspecified atom stereocenters. The number of hydrogen-bond acceptors (Lipinski definition) is 3. The SMILES string of the molecule is Cc1ccc([C@H]2CCCN2C(=O)c2ccc(-n3ccnc3)nc2)cc1. The second-order valence-electron chi connectivity index (χ2n) is 6.44. The summed E-state index contributed by atoms with van der Waals surface area (Å²) < 4.78 is 1.82.